The highest BCUT2D eigenvalue weighted by Crippen LogP contribution is 2.38. The first kappa shape index (κ1) is 66.9. The highest BCUT2D eigenvalue weighted by Gasteiger charge is 2.23. The standard InChI is InChI=1S/C72H110O7/c1-9-13-17-19-21-23-25-33-57-75-63-45-41-61(42-46-63)69(73)77-65-49-37-59(38-50-65)67(35-29-27-31-55-71(5,6)53-15-11-3)79-68(36-30-28-32-56-72(7,8)54-16-12-4)60-39-51-66(52-40-60)78-70(74)62-43-47-64(48-44-62)76-58-34-26-24-22-20-18-14-10-2/h37-52,67-68H,9-36,53-58H2,1-8H3. The summed E-state index contributed by atoms with van der Waals surface area (Å²) in [5.74, 6) is 1.74. The van der Waals surface area contributed by atoms with E-state index in [0.29, 0.717) is 46.7 Å². The fourth-order valence-corrected chi connectivity index (χ4v) is 10.7. The molecule has 7 heteroatoms. The SMILES string of the molecule is CCCCCCCCCCOc1ccc(C(=O)Oc2ccc(C(CCCCCC(C)(C)CCCC)OC(CCCCCC(C)(C)CCCC)c3ccc(OC(=O)c4ccc(OCCCCCCCCCC)cc4)cc3)cc2)cc1. The van der Waals surface area contributed by atoms with Gasteiger partial charge in [0, 0.05) is 0 Å². The zero-order chi connectivity index (χ0) is 56.8. The maximum atomic E-state index is 13.4. The molecule has 0 heterocycles. The van der Waals surface area contributed by atoms with E-state index < -0.39 is 11.9 Å². The van der Waals surface area contributed by atoms with Crippen molar-refractivity contribution in [3.8, 4) is 23.0 Å². The normalized spacial score (nSPS) is 12.6. The third-order valence-electron chi connectivity index (χ3n) is 16.0. The van der Waals surface area contributed by atoms with E-state index in [2.05, 4.69) is 79.7 Å². The van der Waals surface area contributed by atoms with Crippen LogP contribution in [-0.4, -0.2) is 25.2 Å². The van der Waals surface area contributed by atoms with E-state index in [1.54, 1.807) is 24.3 Å². The molecule has 0 aliphatic heterocycles. The highest BCUT2D eigenvalue weighted by atomic mass is 16.5. The van der Waals surface area contributed by atoms with Crippen molar-refractivity contribution in [2.45, 2.75) is 273 Å². The van der Waals surface area contributed by atoms with Crippen LogP contribution in [-0.2, 0) is 4.74 Å². The molecule has 4 rings (SSSR count). The van der Waals surface area contributed by atoms with Gasteiger partial charge in [0.2, 0.25) is 0 Å². The Hall–Kier alpha value is -4.62. The molecule has 0 saturated carbocycles. The molecular formula is C72H110O7. The fourth-order valence-electron chi connectivity index (χ4n) is 10.7. The quantitative estimate of drug-likeness (QED) is 0.0248. The first-order chi connectivity index (χ1) is 38.3. The Balaban J connectivity index is 1.43. The van der Waals surface area contributed by atoms with Gasteiger partial charge in [-0.05, 0) is 146 Å². The second-order valence-electron chi connectivity index (χ2n) is 24.5. The van der Waals surface area contributed by atoms with Gasteiger partial charge in [-0.15, -0.1) is 0 Å². The van der Waals surface area contributed by atoms with E-state index in [-0.39, 0.29) is 12.2 Å². The van der Waals surface area contributed by atoms with Crippen molar-refractivity contribution in [1.29, 1.82) is 0 Å². The van der Waals surface area contributed by atoms with Crippen LogP contribution in [0.1, 0.15) is 305 Å². The molecule has 4 aromatic rings. The molecule has 79 heavy (non-hydrogen) atoms. The van der Waals surface area contributed by atoms with Gasteiger partial charge in [0.05, 0.1) is 36.5 Å². The smallest absolute Gasteiger partial charge is 0.343 e. The van der Waals surface area contributed by atoms with Crippen LogP contribution in [0.5, 0.6) is 23.0 Å². The summed E-state index contributed by atoms with van der Waals surface area (Å²) in [6.45, 7) is 20.1. The van der Waals surface area contributed by atoms with Gasteiger partial charge in [0.25, 0.3) is 0 Å². The van der Waals surface area contributed by atoms with Crippen molar-refractivity contribution in [2.24, 2.45) is 10.8 Å². The number of hydrogen-bond acceptors (Lipinski definition) is 7. The van der Waals surface area contributed by atoms with Crippen LogP contribution in [0.4, 0.5) is 0 Å². The predicted octanol–water partition coefficient (Wildman–Crippen LogP) is 22.3. The minimum atomic E-state index is -0.396. The summed E-state index contributed by atoms with van der Waals surface area (Å²) in [6, 6.07) is 30.4. The predicted molar refractivity (Wildman–Crippen MR) is 331 cm³/mol. The number of unbranched alkanes of at least 4 members (excludes halogenated alkanes) is 20. The van der Waals surface area contributed by atoms with Crippen molar-refractivity contribution < 1.29 is 33.3 Å². The molecule has 440 valence electrons. The number of carbonyl (C=O) groups is 2. The summed E-state index contributed by atoms with van der Waals surface area (Å²) in [6.07, 6.45) is 38.3. The molecule has 0 fully saturated rings. The number of ether oxygens (including phenoxy) is 5. The van der Waals surface area contributed by atoms with E-state index in [1.807, 2.05) is 48.5 Å². The molecule has 2 unspecified atom stereocenters. The van der Waals surface area contributed by atoms with Crippen LogP contribution in [0.3, 0.4) is 0 Å². The van der Waals surface area contributed by atoms with Crippen molar-refractivity contribution in [3.63, 3.8) is 0 Å². The second kappa shape index (κ2) is 39.7. The fraction of sp³-hybridized carbons (Fsp3) is 0.639. The lowest BCUT2D eigenvalue weighted by molar-refractivity contribution is -0.0265. The van der Waals surface area contributed by atoms with Crippen LogP contribution in [0.15, 0.2) is 97.1 Å². The van der Waals surface area contributed by atoms with Crippen molar-refractivity contribution >= 4 is 11.9 Å². The Morgan fingerprint density at radius 3 is 0.975 bits per heavy atom. The number of hydrogen-bond donors (Lipinski definition) is 0. The van der Waals surface area contributed by atoms with Gasteiger partial charge in [-0.2, -0.15) is 0 Å². The Bertz CT molecular complexity index is 2000. The third kappa shape index (κ3) is 29.1. The summed E-state index contributed by atoms with van der Waals surface area (Å²) in [7, 11) is 0. The van der Waals surface area contributed by atoms with Gasteiger partial charge in [-0.3, -0.25) is 0 Å². The van der Waals surface area contributed by atoms with Crippen molar-refractivity contribution in [3.05, 3.63) is 119 Å². The topological polar surface area (TPSA) is 80.3 Å². The molecule has 0 aromatic heterocycles. The largest absolute Gasteiger partial charge is 0.494 e. The Labute approximate surface area is 482 Å². The van der Waals surface area contributed by atoms with Crippen molar-refractivity contribution in [2.75, 3.05) is 13.2 Å². The average Bonchev–Trinajstić information content (AvgIpc) is 3.45. The van der Waals surface area contributed by atoms with Gasteiger partial charge in [-0.25, -0.2) is 9.59 Å². The van der Waals surface area contributed by atoms with Crippen LogP contribution in [0, 0.1) is 10.8 Å². The molecule has 2 atom stereocenters. The van der Waals surface area contributed by atoms with Gasteiger partial charge < -0.3 is 23.7 Å². The van der Waals surface area contributed by atoms with Crippen LogP contribution in [0.25, 0.3) is 0 Å². The Kier molecular flexibility index (Phi) is 33.6. The van der Waals surface area contributed by atoms with E-state index in [4.69, 9.17) is 23.7 Å². The number of carbonyl (C=O) groups excluding carboxylic acids is 2. The molecule has 0 N–H and O–H groups in total. The molecule has 0 radical (unpaired) electrons. The molecule has 0 spiro atoms. The first-order valence-electron chi connectivity index (χ1n) is 32.1. The molecule has 4 aromatic carbocycles. The van der Waals surface area contributed by atoms with Gasteiger partial charge in [0.1, 0.15) is 23.0 Å². The highest BCUT2D eigenvalue weighted by molar-refractivity contribution is 5.91. The van der Waals surface area contributed by atoms with Crippen molar-refractivity contribution in [1.82, 2.24) is 0 Å². The number of benzene rings is 4. The average molecular weight is 1090 g/mol. The van der Waals surface area contributed by atoms with Crippen LogP contribution >= 0.6 is 0 Å². The zero-order valence-corrected chi connectivity index (χ0v) is 51.3. The Morgan fingerprint density at radius 2 is 0.633 bits per heavy atom. The molecule has 0 aliphatic rings. The molecule has 7 nitrogen and oxygen atoms in total. The van der Waals surface area contributed by atoms with Gasteiger partial charge in [0.15, 0.2) is 0 Å². The molecule has 0 bridgehead atoms. The number of esters is 2. The monoisotopic (exact) mass is 1090 g/mol. The van der Waals surface area contributed by atoms with Gasteiger partial charge in [-0.1, -0.05) is 234 Å². The maximum absolute atomic E-state index is 13.4. The summed E-state index contributed by atoms with van der Waals surface area (Å²) < 4.78 is 31.2. The van der Waals surface area contributed by atoms with E-state index in [1.165, 1.54) is 154 Å². The summed E-state index contributed by atoms with van der Waals surface area (Å²) in [5.41, 5.74) is 3.81. The lowest BCUT2D eigenvalue weighted by atomic mass is 9.82. The van der Waals surface area contributed by atoms with E-state index >= 15 is 0 Å². The Morgan fingerprint density at radius 1 is 0.342 bits per heavy atom. The summed E-state index contributed by atoms with van der Waals surface area (Å²) in [4.78, 5) is 26.8. The minimum Gasteiger partial charge on any atom is -0.494 e. The number of rotatable bonds is 46. The summed E-state index contributed by atoms with van der Waals surface area (Å²) in [5, 5.41) is 0. The zero-order valence-electron chi connectivity index (χ0n) is 51.3. The molecule has 0 amide bonds. The van der Waals surface area contributed by atoms with Gasteiger partial charge >= 0.3 is 11.9 Å². The molecular weight excluding hydrogens is 977 g/mol. The summed E-state index contributed by atoms with van der Waals surface area (Å²) >= 11 is 0. The van der Waals surface area contributed by atoms with Crippen LogP contribution in [0.2, 0.25) is 0 Å². The van der Waals surface area contributed by atoms with E-state index in [9.17, 15) is 9.59 Å². The third-order valence-corrected chi connectivity index (χ3v) is 16.0. The second-order valence-corrected chi connectivity index (χ2v) is 24.5. The maximum Gasteiger partial charge on any atom is 0.343 e. The lowest BCUT2D eigenvalue weighted by Gasteiger charge is -2.27. The lowest BCUT2D eigenvalue weighted by Crippen LogP contribution is -2.13. The van der Waals surface area contributed by atoms with Crippen LogP contribution < -0.4 is 18.9 Å². The molecule has 0 aliphatic carbocycles. The minimum absolute atomic E-state index is 0.168. The molecule has 0 saturated heterocycles. The first-order valence-corrected chi connectivity index (χ1v) is 32.1. The van der Waals surface area contributed by atoms with E-state index in [0.717, 1.165) is 74.0 Å².